The molecule has 0 saturated heterocycles. The highest BCUT2D eigenvalue weighted by atomic mass is 35.5. The Labute approximate surface area is 201 Å². The van der Waals surface area contributed by atoms with E-state index >= 15 is 0 Å². The van der Waals surface area contributed by atoms with Gasteiger partial charge >= 0.3 is 0 Å². The molecule has 0 saturated carbocycles. The van der Waals surface area contributed by atoms with E-state index < -0.39 is 6.04 Å². The van der Waals surface area contributed by atoms with Crippen LogP contribution in [-0.2, 0) is 0 Å². The zero-order valence-corrected chi connectivity index (χ0v) is 19.9. The Morgan fingerprint density at radius 1 is 0.882 bits per heavy atom. The molecule has 0 fully saturated rings. The molecule has 0 aliphatic carbocycles. The fourth-order valence-electron chi connectivity index (χ4n) is 4.43. The van der Waals surface area contributed by atoms with E-state index in [4.69, 9.17) is 25.5 Å². The molecule has 172 valence electrons. The van der Waals surface area contributed by atoms with E-state index in [1.54, 1.807) is 49.5 Å². The molecule has 1 aromatic heterocycles. The lowest BCUT2D eigenvalue weighted by Crippen LogP contribution is -2.29. The summed E-state index contributed by atoms with van der Waals surface area (Å²) in [5.74, 6) is 0.685. The number of amides is 1. The van der Waals surface area contributed by atoms with Crippen LogP contribution in [0.25, 0.3) is 11.0 Å². The van der Waals surface area contributed by atoms with Gasteiger partial charge in [0.15, 0.2) is 16.9 Å². The van der Waals surface area contributed by atoms with E-state index in [9.17, 15) is 9.59 Å². The highest BCUT2D eigenvalue weighted by Gasteiger charge is 2.44. The summed E-state index contributed by atoms with van der Waals surface area (Å²) in [4.78, 5) is 29.1. The van der Waals surface area contributed by atoms with Gasteiger partial charge in [0.2, 0.25) is 5.76 Å². The van der Waals surface area contributed by atoms with E-state index in [0.717, 1.165) is 11.1 Å². The number of carbonyl (C=O) groups is 1. The third kappa shape index (κ3) is 3.33. The molecule has 34 heavy (non-hydrogen) atoms. The van der Waals surface area contributed by atoms with Gasteiger partial charge in [-0.2, -0.15) is 0 Å². The lowest BCUT2D eigenvalue weighted by molar-refractivity contribution is 0.0971. The first-order valence-electron chi connectivity index (χ1n) is 10.7. The van der Waals surface area contributed by atoms with Crippen molar-refractivity contribution in [3.8, 4) is 11.5 Å². The van der Waals surface area contributed by atoms with Gasteiger partial charge in [0, 0.05) is 10.7 Å². The molecule has 2 heterocycles. The van der Waals surface area contributed by atoms with Crippen LogP contribution in [0, 0.1) is 13.8 Å². The predicted octanol–water partition coefficient (Wildman–Crippen LogP) is 5.83. The summed E-state index contributed by atoms with van der Waals surface area (Å²) < 4.78 is 16.9. The number of anilines is 1. The molecule has 4 aromatic rings. The van der Waals surface area contributed by atoms with Gasteiger partial charge in [-0.3, -0.25) is 14.5 Å². The minimum atomic E-state index is -0.718. The molecule has 0 N–H and O–H groups in total. The number of hydrogen-bond donors (Lipinski definition) is 0. The second kappa shape index (κ2) is 8.22. The van der Waals surface area contributed by atoms with Crippen LogP contribution in [0.3, 0.4) is 0 Å². The van der Waals surface area contributed by atoms with E-state index in [1.165, 1.54) is 0 Å². The maximum Gasteiger partial charge on any atom is 0.295 e. The summed E-state index contributed by atoms with van der Waals surface area (Å²) in [6, 6.07) is 15.2. The molecule has 0 bridgehead atoms. The number of carbonyl (C=O) groups excluding carboxylic acids is 1. The van der Waals surface area contributed by atoms with Gasteiger partial charge in [-0.1, -0.05) is 23.7 Å². The van der Waals surface area contributed by atoms with Crippen molar-refractivity contribution in [2.45, 2.75) is 19.9 Å². The van der Waals surface area contributed by atoms with Crippen LogP contribution >= 0.6 is 11.6 Å². The van der Waals surface area contributed by atoms with Crippen molar-refractivity contribution in [3.05, 3.63) is 97.9 Å². The quantitative estimate of drug-likeness (QED) is 0.371. The lowest BCUT2D eigenvalue weighted by Gasteiger charge is -2.26. The molecule has 1 atom stereocenters. The van der Waals surface area contributed by atoms with Gasteiger partial charge < -0.3 is 13.9 Å². The number of methoxy groups -OCH3 is 2. The maximum atomic E-state index is 13.7. The number of ether oxygens (including phenoxy) is 2. The Balaban J connectivity index is 1.82. The second-order valence-electron chi connectivity index (χ2n) is 8.28. The Morgan fingerprint density at radius 2 is 1.65 bits per heavy atom. The molecule has 5 rings (SSSR count). The summed E-state index contributed by atoms with van der Waals surface area (Å²) >= 11 is 6.17. The number of rotatable bonds is 4. The number of aryl methyl sites for hydroxylation is 2. The Hall–Kier alpha value is -3.77. The van der Waals surface area contributed by atoms with Crippen molar-refractivity contribution in [1.82, 2.24) is 0 Å². The van der Waals surface area contributed by atoms with Gasteiger partial charge in [-0.05, 0) is 73.0 Å². The van der Waals surface area contributed by atoms with Gasteiger partial charge in [0.1, 0.15) is 5.58 Å². The monoisotopic (exact) mass is 475 g/mol. The zero-order chi connectivity index (χ0) is 24.1. The van der Waals surface area contributed by atoms with Crippen molar-refractivity contribution in [2.75, 3.05) is 19.1 Å². The van der Waals surface area contributed by atoms with E-state index in [-0.39, 0.29) is 22.7 Å². The summed E-state index contributed by atoms with van der Waals surface area (Å²) in [7, 11) is 3.10. The number of halogens is 1. The molecule has 1 amide bonds. The molecule has 1 aliphatic rings. The van der Waals surface area contributed by atoms with E-state index in [1.807, 2.05) is 38.1 Å². The lowest BCUT2D eigenvalue weighted by atomic mass is 9.97. The first kappa shape index (κ1) is 22.0. The molecule has 0 spiro atoms. The summed E-state index contributed by atoms with van der Waals surface area (Å²) in [5, 5.41) is 0.740. The van der Waals surface area contributed by atoms with Crippen LogP contribution in [0.5, 0.6) is 11.5 Å². The average molecular weight is 476 g/mol. The van der Waals surface area contributed by atoms with Gasteiger partial charge in [-0.25, -0.2) is 0 Å². The van der Waals surface area contributed by atoms with E-state index in [2.05, 4.69) is 0 Å². The van der Waals surface area contributed by atoms with Crippen LogP contribution in [-0.4, -0.2) is 20.1 Å². The topological polar surface area (TPSA) is 69.0 Å². The molecular formula is C27H22ClNO5. The van der Waals surface area contributed by atoms with Crippen molar-refractivity contribution >= 4 is 34.2 Å². The highest BCUT2D eigenvalue weighted by molar-refractivity contribution is 6.31. The second-order valence-corrected chi connectivity index (χ2v) is 8.71. The normalized spacial score (nSPS) is 15.0. The first-order chi connectivity index (χ1) is 16.3. The minimum Gasteiger partial charge on any atom is -0.493 e. The first-order valence-corrected chi connectivity index (χ1v) is 11.1. The Morgan fingerprint density at radius 3 is 2.35 bits per heavy atom. The minimum absolute atomic E-state index is 0.0258. The molecule has 0 radical (unpaired) electrons. The van der Waals surface area contributed by atoms with E-state index in [0.29, 0.717) is 38.7 Å². The number of nitrogens with zero attached hydrogens (tertiary/aromatic N) is 1. The Bertz CT molecular complexity index is 1520. The molecule has 1 unspecified atom stereocenters. The fraction of sp³-hybridized carbons (Fsp3) is 0.185. The van der Waals surface area contributed by atoms with Crippen molar-refractivity contribution in [1.29, 1.82) is 0 Å². The van der Waals surface area contributed by atoms with Crippen LogP contribution < -0.4 is 19.8 Å². The molecule has 3 aromatic carbocycles. The van der Waals surface area contributed by atoms with Crippen LogP contribution in [0.2, 0.25) is 5.02 Å². The molecule has 6 nitrogen and oxygen atoms in total. The van der Waals surface area contributed by atoms with Gasteiger partial charge in [-0.15, -0.1) is 0 Å². The van der Waals surface area contributed by atoms with Gasteiger partial charge in [0.25, 0.3) is 5.91 Å². The summed E-state index contributed by atoms with van der Waals surface area (Å²) in [6.07, 6.45) is 0. The number of hydrogen-bond acceptors (Lipinski definition) is 5. The van der Waals surface area contributed by atoms with Crippen molar-refractivity contribution < 1.29 is 18.7 Å². The maximum absolute atomic E-state index is 13.7. The number of benzene rings is 3. The van der Waals surface area contributed by atoms with Crippen LogP contribution in [0.4, 0.5) is 5.69 Å². The van der Waals surface area contributed by atoms with Crippen LogP contribution in [0.1, 0.15) is 38.9 Å². The largest absolute Gasteiger partial charge is 0.493 e. The highest BCUT2D eigenvalue weighted by Crippen LogP contribution is 2.43. The number of fused-ring (bicyclic) bond motifs is 2. The molecular weight excluding hydrogens is 454 g/mol. The summed E-state index contributed by atoms with van der Waals surface area (Å²) in [6.45, 7) is 3.99. The summed E-state index contributed by atoms with van der Waals surface area (Å²) in [5.41, 5.74) is 3.78. The smallest absolute Gasteiger partial charge is 0.295 e. The average Bonchev–Trinajstić information content (AvgIpc) is 3.13. The van der Waals surface area contributed by atoms with Crippen molar-refractivity contribution in [3.63, 3.8) is 0 Å². The SMILES string of the molecule is COc1ccc(C2c3c(oc4ccc(Cl)cc4c3=O)C(=O)N2c2ccc(C)c(C)c2)cc1OC. The molecule has 7 heteroatoms. The van der Waals surface area contributed by atoms with Crippen molar-refractivity contribution in [2.24, 2.45) is 0 Å². The molecule has 1 aliphatic heterocycles. The standard InChI is InChI=1S/C27H22ClNO5/c1-14-5-8-18(11-15(14)2)29-24(16-6-9-21(32-3)22(12-16)33-4)23-25(30)19-13-17(28)7-10-20(19)34-26(23)27(29)31/h5-13,24H,1-4H3. The third-order valence-electron chi connectivity index (χ3n) is 6.32. The Kier molecular flexibility index (Phi) is 5.33. The zero-order valence-electron chi connectivity index (χ0n) is 19.1. The van der Waals surface area contributed by atoms with Gasteiger partial charge in [0.05, 0.1) is 31.2 Å². The predicted molar refractivity (Wildman–Crippen MR) is 132 cm³/mol. The third-order valence-corrected chi connectivity index (χ3v) is 6.56. The fourth-order valence-corrected chi connectivity index (χ4v) is 4.60. The van der Waals surface area contributed by atoms with Crippen LogP contribution in [0.15, 0.2) is 63.8 Å².